The third kappa shape index (κ3) is 1.36. The molecular weight excluding hydrogens is 195 g/mol. The molecule has 0 saturated heterocycles. The number of hydrogen-bond acceptors (Lipinski definition) is 2. The van der Waals surface area contributed by atoms with Gasteiger partial charge in [0.25, 0.3) is 0 Å². The Balaban J connectivity index is 2.07. The first-order chi connectivity index (χ1) is 7.86. The highest BCUT2D eigenvalue weighted by Crippen LogP contribution is 2.37. The van der Waals surface area contributed by atoms with Crippen LogP contribution in [0.4, 0.5) is 17.1 Å². The Bertz CT molecular complexity index is 498. The van der Waals surface area contributed by atoms with Crippen LogP contribution >= 0.6 is 0 Å². The summed E-state index contributed by atoms with van der Waals surface area (Å²) in [5.74, 6) is 0. The topological polar surface area (TPSA) is 6.48 Å². The maximum absolute atomic E-state index is 2.20. The first-order valence-corrected chi connectivity index (χ1v) is 5.37. The van der Waals surface area contributed by atoms with Crippen molar-refractivity contribution in [2.75, 3.05) is 16.7 Å². The predicted molar refractivity (Wildman–Crippen MR) is 69.2 cm³/mol. The van der Waals surface area contributed by atoms with Crippen molar-refractivity contribution < 1.29 is 0 Å². The van der Waals surface area contributed by atoms with E-state index in [-0.39, 0.29) is 0 Å². The van der Waals surface area contributed by atoms with Gasteiger partial charge in [0, 0.05) is 11.4 Å². The van der Waals surface area contributed by atoms with Gasteiger partial charge in [0.1, 0.15) is 0 Å². The molecule has 1 heterocycles. The number of benzene rings is 2. The van der Waals surface area contributed by atoms with Crippen molar-refractivity contribution in [1.29, 1.82) is 0 Å². The molecule has 2 nitrogen and oxygen atoms in total. The molecule has 0 aliphatic carbocycles. The van der Waals surface area contributed by atoms with E-state index in [4.69, 9.17) is 0 Å². The molecule has 2 aromatic carbocycles. The van der Waals surface area contributed by atoms with Gasteiger partial charge in [-0.25, -0.2) is 0 Å². The number of para-hydroxylation sites is 3. The molecule has 1 radical (unpaired) electrons. The fraction of sp³-hybridized carbons (Fsp3) is 0.0769. The maximum Gasteiger partial charge on any atom is 0.396 e. The molecule has 0 spiro atoms. The zero-order valence-corrected chi connectivity index (χ0v) is 9.17. The van der Waals surface area contributed by atoms with Gasteiger partial charge in [-0.05, 0) is 31.3 Å². The molecule has 0 atom stereocenters. The van der Waals surface area contributed by atoms with E-state index in [2.05, 4.69) is 72.7 Å². The maximum atomic E-state index is 2.20. The summed E-state index contributed by atoms with van der Waals surface area (Å²) in [5, 5.41) is 0. The Morgan fingerprint density at radius 2 is 1.44 bits per heavy atom. The second kappa shape index (κ2) is 3.60. The normalized spacial score (nSPS) is 13.6. The number of rotatable bonds is 1. The van der Waals surface area contributed by atoms with Crippen molar-refractivity contribution in [1.82, 2.24) is 0 Å². The molecule has 77 valence electrons. The van der Waals surface area contributed by atoms with Crippen LogP contribution in [0.5, 0.6) is 0 Å². The third-order valence-corrected chi connectivity index (χ3v) is 2.84. The Kier molecular flexibility index (Phi) is 2.10. The van der Waals surface area contributed by atoms with Gasteiger partial charge < -0.3 is 9.62 Å². The van der Waals surface area contributed by atoms with Crippen molar-refractivity contribution in [2.45, 2.75) is 0 Å². The fourth-order valence-corrected chi connectivity index (χ4v) is 2.06. The zero-order chi connectivity index (χ0) is 11.0. The molecule has 2 aromatic rings. The van der Waals surface area contributed by atoms with Gasteiger partial charge in [-0.15, -0.1) is 0 Å². The van der Waals surface area contributed by atoms with E-state index in [9.17, 15) is 0 Å². The highest BCUT2D eigenvalue weighted by Gasteiger charge is 2.25. The Morgan fingerprint density at radius 1 is 0.812 bits per heavy atom. The largest absolute Gasteiger partial charge is 0.400 e. The van der Waals surface area contributed by atoms with E-state index in [0.29, 0.717) is 0 Å². The van der Waals surface area contributed by atoms with Crippen molar-refractivity contribution in [3.05, 3.63) is 54.6 Å². The van der Waals surface area contributed by atoms with Crippen LogP contribution in [-0.4, -0.2) is 14.6 Å². The Labute approximate surface area is 96.4 Å². The quantitative estimate of drug-likeness (QED) is 0.663. The lowest BCUT2D eigenvalue weighted by molar-refractivity contribution is 1.36. The summed E-state index contributed by atoms with van der Waals surface area (Å²) in [6.45, 7) is 0. The molecule has 16 heavy (non-hydrogen) atoms. The average Bonchev–Trinajstić information content (AvgIpc) is 2.69. The van der Waals surface area contributed by atoms with Crippen LogP contribution in [0.15, 0.2) is 54.6 Å². The van der Waals surface area contributed by atoms with Crippen molar-refractivity contribution >= 4 is 24.6 Å². The highest BCUT2D eigenvalue weighted by atomic mass is 15.3. The number of hydrogen-bond donors (Lipinski definition) is 0. The van der Waals surface area contributed by atoms with Crippen molar-refractivity contribution in [2.24, 2.45) is 0 Å². The Morgan fingerprint density at radius 3 is 2.19 bits per heavy atom. The van der Waals surface area contributed by atoms with E-state index in [1.807, 2.05) is 6.07 Å². The van der Waals surface area contributed by atoms with E-state index in [1.165, 1.54) is 17.1 Å². The minimum absolute atomic E-state index is 1.19. The van der Waals surface area contributed by atoms with Gasteiger partial charge in [-0.3, -0.25) is 0 Å². The monoisotopic (exact) mass is 207 g/mol. The molecule has 0 aromatic heterocycles. The molecule has 0 N–H and O–H groups in total. The molecule has 3 rings (SSSR count). The van der Waals surface area contributed by atoms with Gasteiger partial charge in [0.2, 0.25) is 0 Å². The van der Waals surface area contributed by atoms with E-state index in [1.54, 1.807) is 0 Å². The molecule has 0 unspecified atom stereocenters. The molecule has 3 heteroatoms. The lowest BCUT2D eigenvalue weighted by atomic mass is 10.1. The number of fused-ring (bicyclic) bond motifs is 1. The van der Waals surface area contributed by atoms with Crippen LogP contribution < -0.4 is 9.62 Å². The van der Waals surface area contributed by atoms with Gasteiger partial charge in [-0.1, -0.05) is 30.3 Å². The highest BCUT2D eigenvalue weighted by molar-refractivity contribution is 6.52. The van der Waals surface area contributed by atoms with E-state index < -0.39 is 0 Å². The molecular formula is C13H12BN2. The first kappa shape index (κ1) is 9.34. The summed E-state index contributed by atoms with van der Waals surface area (Å²) in [5.41, 5.74) is 3.67. The standard InChI is InChI=1S/C13H12BN2/c1-15-12-9-5-6-10-13(12)16(14-15)11-7-3-2-4-8-11/h2-10H,1H3. The summed E-state index contributed by atoms with van der Waals surface area (Å²) in [6.07, 6.45) is 0. The summed E-state index contributed by atoms with van der Waals surface area (Å²) in [6, 6.07) is 18.8. The minimum Gasteiger partial charge on any atom is -0.400 e. The SMILES string of the molecule is CN1[B]N(c2ccccc2)c2ccccc21. The predicted octanol–water partition coefficient (Wildman–Crippen LogP) is 2.81. The minimum atomic E-state index is 1.19. The smallest absolute Gasteiger partial charge is 0.396 e. The summed E-state index contributed by atoms with van der Waals surface area (Å²) >= 11 is 0. The number of anilines is 3. The van der Waals surface area contributed by atoms with Crippen molar-refractivity contribution in [3.63, 3.8) is 0 Å². The van der Waals surface area contributed by atoms with Gasteiger partial charge >= 0.3 is 7.55 Å². The summed E-state index contributed by atoms with van der Waals surface area (Å²) in [7, 11) is 4.18. The molecule has 0 saturated carbocycles. The van der Waals surface area contributed by atoms with Gasteiger partial charge in [0.15, 0.2) is 0 Å². The van der Waals surface area contributed by atoms with Crippen LogP contribution in [0.25, 0.3) is 0 Å². The number of nitrogens with zero attached hydrogens (tertiary/aromatic N) is 2. The first-order valence-electron chi connectivity index (χ1n) is 5.37. The third-order valence-electron chi connectivity index (χ3n) is 2.84. The zero-order valence-electron chi connectivity index (χ0n) is 9.17. The fourth-order valence-electron chi connectivity index (χ4n) is 2.06. The van der Waals surface area contributed by atoms with E-state index in [0.717, 1.165) is 0 Å². The van der Waals surface area contributed by atoms with Crippen LogP contribution in [-0.2, 0) is 0 Å². The molecule has 0 bridgehead atoms. The summed E-state index contributed by atoms with van der Waals surface area (Å²) in [4.78, 5) is 4.34. The molecule has 0 fully saturated rings. The summed E-state index contributed by atoms with van der Waals surface area (Å²) < 4.78 is 0. The van der Waals surface area contributed by atoms with Gasteiger partial charge in [0.05, 0.1) is 5.69 Å². The van der Waals surface area contributed by atoms with Crippen molar-refractivity contribution in [3.8, 4) is 0 Å². The van der Waals surface area contributed by atoms with Crippen LogP contribution in [0.3, 0.4) is 0 Å². The molecule has 1 aliphatic rings. The lowest BCUT2D eigenvalue weighted by Crippen LogP contribution is -2.28. The van der Waals surface area contributed by atoms with Crippen LogP contribution in [0.1, 0.15) is 0 Å². The molecule has 0 amide bonds. The average molecular weight is 207 g/mol. The Hall–Kier alpha value is -1.90. The van der Waals surface area contributed by atoms with Crippen LogP contribution in [0.2, 0.25) is 0 Å². The van der Waals surface area contributed by atoms with Crippen LogP contribution in [0, 0.1) is 0 Å². The second-order valence-corrected chi connectivity index (χ2v) is 3.92. The second-order valence-electron chi connectivity index (χ2n) is 3.92. The lowest BCUT2D eigenvalue weighted by Gasteiger charge is -2.17. The van der Waals surface area contributed by atoms with Gasteiger partial charge in [-0.2, -0.15) is 0 Å². The molecule has 1 aliphatic heterocycles. The van der Waals surface area contributed by atoms with E-state index >= 15 is 0 Å².